The maximum Gasteiger partial charge on any atom is 0.335 e. The van der Waals surface area contributed by atoms with Crippen molar-refractivity contribution in [2.45, 2.75) is 6.42 Å². The molecule has 0 amide bonds. The number of nitrogens with one attached hydrogen (secondary N) is 1. The quantitative estimate of drug-likeness (QED) is 0.745. The number of carbonyl (C=O) groups excluding carboxylic acids is 1. The minimum atomic E-state index is -3.67. The van der Waals surface area contributed by atoms with E-state index in [1.54, 1.807) is 0 Å². The first-order valence-corrected chi connectivity index (χ1v) is 6.90. The summed E-state index contributed by atoms with van der Waals surface area (Å²) in [5, 5.41) is 8.69. The van der Waals surface area contributed by atoms with Gasteiger partial charge in [-0.1, -0.05) is 0 Å². The number of carboxylic acids is 1. The van der Waals surface area contributed by atoms with Gasteiger partial charge in [-0.05, 0) is 24.3 Å². The number of carboxylic acid groups (broad SMARTS) is 1. The van der Waals surface area contributed by atoms with Crippen LogP contribution in [-0.2, 0) is 19.6 Å². The second-order valence-corrected chi connectivity index (χ2v) is 5.47. The van der Waals surface area contributed by atoms with Crippen molar-refractivity contribution in [2.75, 3.05) is 17.6 Å². The SMILES string of the molecule is COC(=O)CCS(=O)(=O)Nc1ccc(C(=O)O)cc1. The fourth-order valence-electron chi connectivity index (χ4n) is 1.23. The van der Waals surface area contributed by atoms with E-state index in [-0.39, 0.29) is 17.7 Å². The number of hydrogen-bond acceptors (Lipinski definition) is 5. The number of methoxy groups -OCH3 is 1. The lowest BCUT2D eigenvalue weighted by molar-refractivity contribution is -0.140. The predicted octanol–water partition coefficient (Wildman–Crippen LogP) is 0.690. The van der Waals surface area contributed by atoms with Gasteiger partial charge in [0.2, 0.25) is 10.0 Å². The third kappa shape index (κ3) is 4.96. The molecular formula is C11H13NO6S. The van der Waals surface area contributed by atoms with Gasteiger partial charge in [0.25, 0.3) is 0 Å². The van der Waals surface area contributed by atoms with Crippen molar-refractivity contribution in [3.8, 4) is 0 Å². The van der Waals surface area contributed by atoms with Crippen LogP contribution in [0.1, 0.15) is 16.8 Å². The van der Waals surface area contributed by atoms with Crippen LogP contribution in [0.3, 0.4) is 0 Å². The second kappa shape index (κ2) is 6.19. The van der Waals surface area contributed by atoms with Crippen LogP contribution in [0.5, 0.6) is 0 Å². The standard InChI is InChI=1S/C11H13NO6S/c1-18-10(13)6-7-19(16,17)12-9-4-2-8(3-5-9)11(14)15/h2-5,12H,6-7H2,1H3,(H,14,15). The molecule has 0 unspecified atom stereocenters. The molecule has 0 aliphatic carbocycles. The highest BCUT2D eigenvalue weighted by molar-refractivity contribution is 7.92. The highest BCUT2D eigenvalue weighted by atomic mass is 32.2. The Kier molecular flexibility index (Phi) is 4.87. The molecule has 7 nitrogen and oxygen atoms in total. The minimum absolute atomic E-state index is 0.0532. The Hall–Kier alpha value is -2.09. The van der Waals surface area contributed by atoms with Crippen molar-refractivity contribution in [1.82, 2.24) is 0 Å². The minimum Gasteiger partial charge on any atom is -0.478 e. The molecule has 0 radical (unpaired) electrons. The van der Waals surface area contributed by atoms with E-state index in [1.807, 2.05) is 0 Å². The molecule has 0 saturated carbocycles. The van der Waals surface area contributed by atoms with Gasteiger partial charge in [-0.2, -0.15) is 0 Å². The number of rotatable bonds is 6. The molecule has 8 heteroatoms. The first-order valence-electron chi connectivity index (χ1n) is 5.25. The van der Waals surface area contributed by atoms with Crippen molar-refractivity contribution < 1.29 is 27.9 Å². The van der Waals surface area contributed by atoms with Crippen molar-refractivity contribution in [3.05, 3.63) is 29.8 Å². The summed E-state index contributed by atoms with van der Waals surface area (Å²) in [7, 11) is -2.50. The third-order valence-corrected chi connectivity index (χ3v) is 3.50. The number of hydrogen-bond donors (Lipinski definition) is 2. The van der Waals surface area contributed by atoms with E-state index >= 15 is 0 Å². The fourth-order valence-corrected chi connectivity index (χ4v) is 2.26. The fraction of sp³-hybridized carbons (Fsp3) is 0.273. The lowest BCUT2D eigenvalue weighted by Crippen LogP contribution is -2.19. The molecule has 0 spiro atoms. The average Bonchev–Trinajstić information content (AvgIpc) is 2.36. The number of benzene rings is 1. The van der Waals surface area contributed by atoms with Gasteiger partial charge < -0.3 is 9.84 Å². The Morgan fingerprint density at radius 3 is 2.32 bits per heavy atom. The summed E-state index contributed by atoms with van der Waals surface area (Å²) in [6, 6.07) is 5.22. The van der Waals surface area contributed by atoms with Gasteiger partial charge in [0.15, 0.2) is 0 Å². The summed E-state index contributed by atoms with van der Waals surface area (Å²) in [4.78, 5) is 21.5. The van der Waals surface area contributed by atoms with Gasteiger partial charge in [0.05, 0.1) is 24.8 Å². The van der Waals surface area contributed by atoms with E-state index in [0.717, 1.165) is 0 Å². The smallest absolute Gasteiger partial charge is 0.335 e. The van der Waals surface area contributed by atoms with Crippen molar-refractivity contribution >= 4 is 27.6 Å². The second-order valence-electron chi connectivity index (χ2n) is 3.63. The van der Waals surface area contributed by atoms with Gasteiger partial charge >= 0.3 is 11.9 Å². The van der Waals surface area contributed by atoms with Gasteiger partial charge in [0.1, 0.15) is 0 Å². The van der Waals surface area contributed by atoms with Crippen molar-refractivity contribution in [2.24, 2.45) is 0 Å². The zero-order chi connectivity index (χ0) is 14.5. The van der Waals surface area contributed by atoms with E-state index in [9.17, 15) is 18.0 Å². The van der Waals surface area contributed by atoms with E-state index in [2.05, 4.69) is 9.46 Å². The average molecular weight is 287 g/mol. The van der Waals surface area contributed by atoms with Crippen LogP contribution in [0.15, 0.2) is 24.3 Å². The molecule has 1 aromatic carbocycles. The molecule has 2 N–H and O–H groups in total. The Labute approximate surface area is 110 Å². The Bertz CT molecular complexity index is 563. The van der Waals surface area contributed by atoms with E-state index in [1.165, 1.54) is 31.4 Å². The van der Waals surface area contributed by atoms with Gasteiger partial charge in [-0.25, -0.2) is 13.2 Å². The number of esters is 1. The van der Waals surface area contributed by atoms with Crippen molar-refractivity contribution in [3.63, 3.8) is 0 Å². The van der Waals surface area contributed by atoms with Crippen LogP contribution in [0.2, 0.25) is 0 Å². The van der Waals surface area contributed by atoms with Crippen LogP contribution in [0.25, 0.3) is 0 Å². The van der Waals surface area contributed by atoms with Crippen LogP contribution in [0.4, 0.5) is 5.69 Å². The molecule has 1 aromatic rings. The zero-order valence-electron chi connectivity index (χ0n) is 10.1. The van der Waals surface area contributed by atoms with Crippen LogP contribution in [-0.4, -0.2) is 38.3 Å². The number of carbonyl (C=O) groups is 2. The summed E-state index contributed by atoms with van der Waals surface area (Å²) in [5.74, 6) is -2.12. The summed E-state index contributed by atoms with van der Waals surface area (Å²) >= 11 is 0. The number of ether oxygens (including phenoxy) is 1. The monoisotopic (exact) mass is 287 g/mol. The first-order chi connectivity index (χ1) is 8.84. The molecule has 0 aliphatic heterocycles. The van der Waals surface area contributed by atoms with E-state index in [4.69, 9.17) is 5.11 Å². The van der Waals surface area contributed by atoms with E-state index < -0.39 is 27.7 Å². The molecule has 0 atom stereocenters. The maximum atomic E-state index is 11.6. The van der Waals surface area contributed by atoms with Gasteiger partial charge in [-0.15, -0.1) is 0 Å². The maximum absolute atomic E-state index is 11.6. The summed E-state index contributed by atoms with van der Waals surface area (Å²) in [6.45, 7) is 0. The highest BCUT2D eigenvalue weighted by Gasteiger charge is 2.14. The molecule has 0 bridgehead atoms. The Balaban J connectivity index is 2.67. The summed E-state index contributed by atoms with van der Waals surface area (Å²) in [5.41, 5.74) is 0.285. The molecule has 0 fully saturated rings. The molecule has 104 valence electrons. The molecule has 0 aliphatic rings. The molecule has 1 rings (SSSR count). The normalized spacial score (nSPS) is 10.8. The van der Waals surface area contributed by atoms with Gasteiger partial charge in [0, 0.05) is 5.69 Å². The predicted molar refractivity (Wildman–Crippen MR) is 67.4 cm³/mol. The van der Waals surface area contributed by atoms with Crippen LogP contribution < -0.4 is 4.72 Å². The number of anilines is 1. The number of sulfonamides is 1. The lowest BCUT2D eigenvalue weighted by Gasteiger charge is -2.07. The Morgan fingerprint density at radius 1 is 1.26 bits per heavy atom. The highest BCUT2D eigenvalue weighted by Crippen LogP contribution is 2.12. The van der Waals surface area contributed by atoms with Crippen molar-refractivity contribution in [1.29, 1.82) is 0 Å². The molecular weight excluding hydrogens is 274 g/mol. The van der Waals surface area contributed by atoms with Crippen LogP contribution in [0, 0.1) is 0 Å². The summed E-state index contributed by atoms with van der Waals surface area (Å²) in [6.07, 6.45) is -0.251. The lowest BCUT2D eigenvalue weighted by atomic mass is 10.2. The first kappa shape index (κ1) is 15.0. The topological polar surface area (TPSA) is 110 Å². The molecule has 0 aromatic heterocycles. The van der Waals surface area contributed by atoms with Gasteiger partial charge in [-0.3, -0.25) is 9.52 Å². The van der Waals surface area contributed by atoms with Crippen LogP contribution >= 0.6 is 0 Å². The Morgan fingerprint density at radius 2 is 1.84 bits per heavy atom. The molecule has 0 saturated heterocycles. The molecule has 19 heavy (non-hydrogen) atoms. The zero-order valence-corrected chi connectivity index (χ0v) is 10.9. The van der Waals surface area contributed by atoms with E-state index in [0.29, 0.717) is 0 Å². The molecule has 0 heterocycles. The summed E-state index contributed by atoms with van der Waals surface area (Å²) < 4.78 is 29.8. The largest absolute Gasteiger partial charge is 0.478 e. The number of aromatic carboxylic acids is 1. The third-order valence-electron chi connectivity index (χ3n) is 2.21.